The van der Waals surface area contributed by atoms with Crippen LogP contribution >= 0.6 is 0 Å². The van der Waals surface area contributed by atoms with Crippen molar-refractivity contribution in [1.29, 1.82) is 0 Å². The van der Waals surface area contributed by atoms with E-state index in [1.807, 2.05) is 6.08 Å². The molecule has 0 N–H and O–H groups in total. The number of hydrogen-bond donors (Lipinski definition) is 0. The summed E-state index contributed by atoms with van der Waals surface area (Å²) in [7, 11) is -1.34. The first-order valence-corrected chi connectivity index (χ1v) is 8.23. The van der Waals surface area contributed by atoms with Crippen LogP contribution in [0.25, 0.3) is 0 Å². The van der Waals surface area contributed by atoms with Crippen LogP contribution in [0, 0.1) is 0 Å². The van der Waals surface area contributed by atoms with Crippen LogP contribution in [0.4, 0.5) is 0 Å². The van der Waals surface area contributed by atoms with Crippen molar-refractivity contribution >= 4 is 13.9 Å². The van der Waals surface area contributed by atoms with Gasteiger partial charge in [-0.3, -0.25) is 4.79 Å². The van der Waals surface area contributed by atoms with Gasteiger partial charge in [-0.25, -0.2) is 0 Å². The van der Waals surface area contributed by atoms with Crippen molar-refractivity contribution in [2.75, 3.05) is 0 Å². The van der Waals surface area contributed by atoms with Gasteiger partial charge in [0.25, 0.3) is 0 Å². The van der Waals surface area contributed by atoms with Gasteiger partial charge >= 0.3 is 0 Å². The van der Waals surface area contributed by atoms with E-state index < -0.39 is 8.07 Å². The smallest absolute Gasteiger partial charge is 0.158 e. The average molecular weight is 196 g/mol. The van der Waals surface area contributed by atoms with Crippen LogP contribution in [0.15, 0.2) is 12.2 Å². The maximum atomic E-state index is 11.2. The lowest BCUT2D eigenvalue weighted by Gasteiger charge is -2.23. The molecule has 0 amide bonds. The van der Waals surface area contributed by atoms with Crippen LogP contribution in [0.3, 0.4) is 0 Å². The molecule has 3 heteroatoms. The molecule has 2 nitrogen and oxygen atoms in total. The minimum Gasteiger partial charge on any atom is -0.362 e. The zero-order valence-corrected chi connectivity index (χ0v) is 9.68. The molecular weight excluding hydrogens is 180 g/mol. The number of hydrogen-bond acceptors (Lipinski definition) is 2. The molecule has 0 aromatic heterocycles. The maximum absolute atomic E-state index is 11.2. The first-order chi connectivity index (χ1) is 5.81. The normalized spacial score (nSPS) is 43.2. The third kappa shape index (κ3) is 1.00. The van der Waals surface area contributed by atoms with Gasteiger partial charge in [0.15, 0.2) is 5.78 Å². The standard InChI is InChI=1S/C10H16O2Si/c1-9(13(2,3)4)10(12-9)6-5-8(11)7-10/h5-6H,7H2,1-4H3/t9-,10+/m1/s1. The monoisotopic (exact) mass is 196 g/mol. The zero-order chi connectivity index (χ0) is 9.91. The van der Waals surface area contributed by atoms with Crippen molar-refractivity contribution in [1.82, 2.24) is 0 Å². The molecule has 0 radical (unpaired) electrons. The van der Waals surface area contributed by atoms with Gasteiger partial charge in [-0.1, -0.05) is 19.6 Å². The zero-order valence-electron chi connectivity index (χ0n) is 8.68. The highest BCUT2D eigenvalue weighted by molar-refractivity contribution is 6.80. The van der Waals surface area contributed by atoms with Crippen LogP contribution < -0.4 is 0 Å². The molecule has 0 unspecified atom stereocenters. The third-order valence-corrected chi connectivity index (χ3v) is 6.95. The molecule has 0 saturated carbocycles. The summed E-state index contributed by atoms with van der Waals surface area (Å²) in [5.74, 6) is 0.210. The quantitative estimate of drug-likeness (QED) is 0.474. The molecule has 72 valence electrons. The summed E-state index contributed by atoms with van der Waals surface area (Å²) in [6.45, 7) is 9.03. The first-order valence-electron chi connectivity index (χ1n) is 4.73. The molecule has 0 bridgehead atoms. The summed E-state index contributed by atoms with van der Waals surface area (Å²) in [5, 5.41) is -0.0251. The number of carbonyl (C=O) groups is 1. The van der Waals surface area contributed by atoms with Crippen molar-refractivity contribution in [2.45, 2.75) is 43.8 Å². The first kappa shape index (κ1) is 9.15. The molecular formula is C10H16O2Si. The fourth-order valence-electron chi connectivity index (χ4n) is 2.13. The van der Waals surface area contributed by atoms with E-state index in [9.17, 15) is 4.79 Å². The number of ether oxygens (including phenoxy) is 1. The maximum Gasteiger partial charge on any atom is 0.158 e. The van der Waals surface area contributed by atoms with Crippen molar-refractivity contribution < 1.29 is 9.53 Å². The van der Waals surface area contributed by atoms with E-state index in [4.69, 9.17) is 4.74 Å². The predicted molar refractivity (Wildman–Crippen MR) is 54.3 cm³/mol. The highest BCUT2D eigenvalue weighted by Crippen LogP contribution is 2.58. The van der Waals surface area contributed by atoms with Gasteiger partial charge in [0.05, 0.1) is 13.3 Å². The highest BCUT2D eigenvalue weighted by atomic mass is 28.3. The van der Waals surface area contributed by atoms with E-state index in [0.717, 1.165) is 0 Å². The second-order valence-corrected chi connectivity index (χ2v) is 10.7. The Morgan fingerprint density at radius 1 is 1.46 bits per heavy atom. The summed E-state index contributed by atoms with van der Waals surface area (Å²) in [5.41, 5.74) is -0.214. The van der Waals surface area contributed by atoms with Crippen molar-refractivity contribution in [3.05, 3.63) is 12.2 Å². The van der Waals surface area contributed by atoms with Gasteiger partial charge in [0, 0.05) is 6.42 Å². The molecule has 2 aliphatic rings. The van der Waals surface area contributed by atoms with Crippen LogP contribution in [-0.2, 0) is 9.53 Å². The number of allylic oxidation sites excluding steroid dienone is 1. The molecule has 1 spiro atoms. The van der Waals surface area contributed by atoms with Gasteiger partial charge < -0.3 is 4.74 Å². The van der Waals surface area contributed by atoms with Gasteiger partial charge in [-0.05, 0) is 19.1 Å². The summed E-state index contributed by atoms with van der Waals surface area (Å²) in [6, 6.07) is 0. The Bertz CT molecular complexity index is 303. The summed E-state index contributed by atoms with van der Waals surface area (Å²) < 4.78 is 5.84. The molecule has 1 fully saturated rings. The number of ketones is 1. The Balaban J connectivity index is 2.27. The topological polar surface area (TPSA) is 29.6 Å². The summed E-state index contributed by atoms with van der Waals surface area (Å²) in [4.78, 5) is 11.2. The van der Waals surface area contributed by atoms with E-state index in [1.165, 1.54) is 0 Å². The largest absolute Gasteiger partial charge is 0.362 e. The SMILES string of the molecule is C[C@]1([Si](C)(C)C)O[C@]12C=CC(=O)C2. The average Bonchev–Trinajstić information content (AvgIpc) is 2.32. The lowest BCUT2D eigenvalue weighted by molar-refractivity contribution is -0.114. The van der Waals surface area contributed by atoms with Gasteiger partial charge in [-0.15, -0.1) is 0 Å². The lowest BCUT2D eigenvalue weighted by atomic mass is 10.1. The van der Waals surface area contributed by atoms with Crippen molar-refractivity contribution in [2.24, 2.45) is 0 Å². The molecule has 1 aliphatic carbocycles. The second kappa shape index (κ2) is 2.15. The third-order valence-electron chi connectivity index (χ3n) is 3.56. The van der Waals surface area contributed by atoms with Crippen molar-refractivity contribution in [3.8, 4) is 0 Å². The Morgan fingerprint density at radius 2 is 2.08 bits per heavy atom. The molecule has 1 saturated heterocycles. The summed E-state index contributed by atoms with van der Waals surface area (Å²) in [6.07, 6.45) is 4.20. The van der Waals surface area contributed by atoms with E-state index in [2.05, 4.69) is 26.6 Å². The second-order valence-electron chi connectivity index (χ2n) is 5.25. The molecule has 0 aromatic rings. The Hall–Kier alpha value is -0.413. The number of carbonyl (C=O) groups excluding carboxylic acids is 1. The van der Waals surface area contributed by atoms with E-state index in [-0.39, 0.29) is 16.6 Å². The molecule has 1 aliphatic heterocycles. The van der Waals surface area contributed by atoms with Crippen molar-refractivity contribution in [3.63, 3.8) is 0 Å². The predicted octanol–water partition coefficient (Wildman–Crippen LogP) is 1.92. The fourth-order valence-corrected chi connectivity index (χ4v) is 4.06. The Labute approximate surface area is 80.0 Å². The molecule has 0 aromatic carbocycles. The number of epoxide rings is 1. The molecule has 2 rings (SSSR count). The van der Waals surface area contributed by atoms with Gasteiger partial charge in [-0.2, -0.15) is 0 Å². The van der Waals surface area contributed by atoms with E-state index in [0.29, 0.717) is 6.42 Å². The van der Waals surface area contributed by atoms with Gasteiger partial charge in [0.1, 0.15) is 5.60 Å². The number of rotatable bonds is 1. The van der Waals surface area contributed by atoms with E-state index in [1.54, 1.807) is 6.08 Å². The minimum absolute atomic E-state index is 0.0251. The molecule has 1 heterocycles. The van der Waals surface area contributed by atoms with Crippen LogP contribution in [0.5, 0.6) is 0 Å². The highest BCUT2D eigenvalue weighted by Gasteiger charge is 2.72. The van der Waals surface area contributed by atoms with Gasteiger partial charge in [0.2, 0.25) is 0 Å². The van der Waals surface area contributed by atoms with E-state index >= 15 is 0 Å². The Morgan fingerprint density at radius 3 is 2.38 bits per heavy atom. The molecule has 13 heavy (non-hydrogen) atoms. The fraction of sp³-hybridized carbons (Fsp3) is 0.700. The van der Waals surface area contributed by atoms with Crippen LogP contribution in [0.1, 0.15) is 13.3 Å². The summed E-state index contributed by atoms with van der Waals surface area (Å²) >= 11 is 0. The van der Waals surface area contributed by atoms with Crippen LogP contribution in [0.2, 0.25) is 19.6 Å². The molecule has 2 atom stereocenters. The van der Waals surface area contributed by atoms with Crippen LogP contribution in [-0.4, -0.2) is 24.7 Å². The minimum atomic E-state index is -1.34. The lowest BCUT2D eigenvalue weighted by Crippen LogP contribution is -2.44. The Kier molecular flexibility index (Phi) is 1.51.